The van der Waals surface area contributed by atoms with Crippen LogP contribution in [0.4, 0.5) is 10.1 Å². The maximum absolute atomic E-state index is 13.6. The normalized spacial score (nSPS) is 13.7. The quantitative estimate of drug-likeness (QED) is 0.943. The number of fused-ring (bicyclic) bond motifs is 1. The van der Waals surface area contributed by atoms with Gasteiger partial charge in [-0.25, -0.2) is 12.8 Å². The highest BCUT2D eigenvalue weighted by atomic mass is 32.2. The Labute approximate surface area is 127 Å². The molecule has 3 rings (SSSR count). The number of para-hydroxylation sites is 1. The third-order valence-electron chi connectivity index (χ3n) is 3.25. The molecule has 1 heterocycles. The fraction of sp³-hybridized carbons (Fsp3) is 0.200. The van der Waals surface area contributed by atoms with Crippen molar-refractivity contribution in [3.05, 3.63) is 47.8 Å². The Morgan fingerprint density at radius 1 is 1.09 bits per heavy atom. The van der Waals surface area contributed by atoms with Crippen LogP contribution in [0.2, 0.25) is 0 Å². The molecule has 0 unspecified atom stereocenters. The van der Waals surface area contributed by atoms with E-state index in [1.54, 1.807) is 19.1 Å². The smallest absolute Gasteiger partial charge is 0.262 e. The van der Waals surface area contributed by atoms with Crippen molar-refractivity contribution in [3.63, 3.8) is 0 Å². The second-order valence-electron chi connectivity index (χ2n) is 4.85. The predicted molar refractivity (Wildman–Crippen MR) is 79.4 cm³/mol. The number of nitrogens with one attached hydrogen (secondary N) is 1. The molecule has 7 heteroatoms. The maximum atomic E-state index is 13.6. The van der Waals surface area contributed by atoms with Crippen LogP contribution in [0.5, 0.6) is 11.5 Å². The molecule has 5 nitrogen and oxygen atoms in total. The zero-order valence-corrected chi connectivity index (χ0v) is 12.6. The zero-order valence-electron chi connectivity index (χ0n) is 11.8. The molecule has 1 aliphatic heterocycles. The van der Waals surface area contributed by atoms with Crippen molar-refractivity contribution < 1.29 is 22.3 Å². The predicted octanol–water partition coefficient (Wildman–Crippen LogP) is 2.71. The number of ether oxygens (including phenoxy) is 2. The summed E-state index contributed by atoms with van der Waals surface area (Å²) in [6.07, 6.45) is 0. The molecule has 1 N–H and O–H groups in total. The lowest BCUT2D eigenvalue weighted by molar-refractivity contribution is 0.171. The van der Waals surface area contributed by atoms with Gasteiger partial charge in [-0.1, -0.05) is 12.1 Å². The van der Waals surface area contributed by atoms with Gasteiger partial charge in [0.25, 0.3) is 10.0 Å². The number of sulfonamides is 1. The Morgan fingerprint density at radius 3 is 2.41 bits per heavy atom. The van der Waals surface area contributed by atoms with Crippen LogP contribution in [0.1, 0.15) is 5.56 Å². The number of benzene rings is 2. The van der Waals surface area contributed by atoms with Gasteiger partial charge in [-0.2, -0.15) is 0 Å². The Kier molecular flexibility index (Phi) is 3.66. The summed E-state index contributed by atoms with van der Waals surface area (Å²) in [5.74, 6) is 0.237. The third kappa shape index (κ3) is 2.71. The highest BCUT2D eigenvalue weighted by Gasteiger charge is 2.23. The van der Waals surface area contributed by atoms with Crippen LogP contribution in [0, 0.1) is 12.7 Å². The van der Waals surface area contributed by atoms with Crippen molar-refractivity contribution >= 4 is 15.7 Å². The highest BCUT2D eigenvalue weighted by molar-refractivity contribution is 7.92. The summed E-state index contributed by atoms with van der Waals surface area (Å²) in [6.45, 7) is 2.43. The summed E-state index contributed by atoms with van der Waals surface area (Å²) >= 11 is 0. The van der Waals surface area contributed by atoms with E-state index in [0.29, 0.717) is 30.3 Å². The molecule has 22 heavy (non-hydrogen) atoms. The van der Waals surface area contributed by atoms with Crippen molar-refractivity contribution in [2.45, 2.75) is 11.8 Å². The molecule has 0 saturated heterocycles. The van der Waals surface area contributed by atoms with Gasteiger partial charge >= 0.3 is 0 Å². The first kappa shape index (κ1) is 14.6. The summed E-state index contributed by atoms with van der Waals surface area (Å²) < 4.78 is 51.7. The van der Waals surface area contributed by atoms with Gasteiger partial charge in [0, 0.05) is 6.07 Å². The van der Waals surface area contributed by atoms with Crippen LogP contribution in [0.15, 0.2) is 41.3 Å². The van der Waals surface area contributed by atoms with Crippen molar-refractivity contribution in [1.29, 1.82) is 0 Å². The number of hydrogen-bond donors (Lipinski definition) is 1. The number of hydrogen-bond acceptors (Lipinski definition) is 4. The van der Waals surface area contributed by atoms with E-state index in [-0.39, 0.29) is 10.6 Å². The molecule has 2 aromatic rings. The molecule has 0 aliphatic carbocycles. The summed E-state index contributed by atoms with van der Waals surface area (Å²) in [4.78, 5) is 0.0278. The Bertz CT molecular complexity index is 820. The number of anilines is 1. The van der Waals surface area contributed by atoms with Gasteiger partial charge in [0.15, 0.2) is 11.5 Å². The molecule has 0 radical (unpaired) electrons. The van der Waals surface area contributed by atoms with E-state index in [1.807, 2.05) is 0 Å². The average molecular weight is 323 g/mol. The van der Waals surface area contributed by atoms with E-state index in [9.17, 15) is 12.8 Å². The molecule has 2 aromatic carbocycles. The van der Waals surface area contributed by atoms with E-state index in [0.717, 1.165) is 0 Å². The van der Waals surface area contributed by atoms with Crippen LogP contribution in [0.3, 0.4) is 0 Å². The fourth-order valence-corrected chi connectivity index (χ4v) is 3.52. The summed E-state index contributed by atoms with van der Waals surface area (Å²) in [5.41, 5.74) is 0.393. The first-order valence-corrected chi connectivity index (χ1v) is 8.13. The molecule has 1 aliphatic rings. The van der Waals surface area contributed by atoms with E-state index in [1.165, 1.54) is 24.3 Å². The largest absolute Gasteiger partial charge is 0.486 e. The molecule has 116 valence electrons. The van der Waals surface area contributed by atoms with Crippen molar-refractivity contribution in [1.82, 2.24) is 0 Å². The first-order valence-electron chi connectivity index (χ1n) is 6.65. The molecule has 0 fully saturated rings. The number of aryl methyl sites for hydroxylation is 1. The molecule has 0 amide bonds. The van der Waals surface area contributed by atoms with E-state index < -0.39 is 15.8 Å². The highest BCUT2D eigenvalue weighted by Crippen LogP contribution is 2.35. The van der Waals surface area contributed by atoms with E-state index >= 15 is 0 Å². The van der Waals surface area contributed by atoms with Gasteiger partial charge < -0.3 is 9.47 Å². The first-order chi connectivity index (χ1) is 10.5. The van der Waals surface area contributed by atoms with Gasteiger partial charge in [0.1, 0.15) is 19.0 Å². The van der Waals surface area contributed by atoms with Crippen LogP contribution < -0.4 is 14.2 Å². The maximum Gasteiger partial charge on any atom is 0.262 e. The van der Waals surface area contributed by atoms with E-state index in [4.69, 9.17) is 9.47 Å². The molecular formula is C15H14FNO4S. The van der Waals surface area contributed by atoms with Crippen molar-refractivity contribution in [3.8, 4) is 11.5 Å². The summed E-state index contributed by atoms with van der Waals surface area (Å²) in [7, 11) is -3.93. The molecule has 0 aromatic heterocycles. The van der Waals surface area contributed by atoms with Crippen LogP contribution in [-0.2, 0) is 10.0 Å². The lowest BCUT2D eigenvalue weighted by Gasteiger charge is -2.20. The van der Waals surface area contributed by atoms with Crippen LogP contribution >= 0.6 is 0 Å². The molecule has 0 saturated carbocycles. The molecule has 0 bridgehead atoms. The number of halogens is 1. The fourth-order valence-electron chi connectivity index (χ4n) is 2.20. The monoisotopic (exact) mass is 323 g/mol. The van der Waals surface area contributed by atoms with Gasteiger partial charge in [-0.05, 0) is 30.7 Å². The molecular weight excluding hydrogens is 309 g/mol. The summed E-state index contributed by atoms with van der Waals surface area (Å²) in [6, 6.07) is 8.59. The van der Waals surface area contributed by atoms with Gasteiger partial charge in [0.05, 0.1) is 10.6 Å². The lowest BCUT2D eigenvalue weighted by Crippen LogP contribution is -2.18. The second-order valence-corrected chi connectivity index (χ2v) is 6.50. The Morgan fingerprint density at radius 2 is 1.73 bits per heavy atom. The third-order valence-corrected chi connectivity index (χ3v) is 4.75. The minimum atomic E-state index is -3.93. The standard InChI is InChI=1S/C15H14FNO4S/c1-10-8-13-14(21-7-6-20-13)9-15(10)22(18,19)17-12-5-3-2-4-11(12)16/h2-5,8-9,17H,6-7H2,1H3. The molecule has 0 spiro atoms. The Hall–Kier alpha value is -2.28. The van der Waals surface area contributed by atoms with Gasteiger partial charge in [-0.3, -0.25) is 4.72 Å². The van der Waals surface area contributed by atoms with Crippen molar-refractivity contribution in [2.75, 3.05) is 17.9 Å². The lowest BCUT2D eigenvalue weighted by atomic mass is 10.2. The minimum absolute atomic E-state index is 0.0278. The SMILES string of the molecule is Cc1cc2c(cc1S(=O)(=O)Nc1ccccc1F)OCCO2. The molecule has 0 atom stereocenters. The number of rotatable bonds is 3. The van der Waals surface area contributed by atoms with Crippen LogP contribution in [-0.4, -0.2) is 21.6 Å². The average Bonchev–Trinajstić information content (AvgIpc) is 2.48. The minimum Gasteiger partial charge on any atom is -0.486 e. The van der Waals surface area contributed by atoms with Gasteiger partial charge in [0.2, 0.25) is 0 Å². The van der Waals surface area contributed by atoms with E-state index in [2.05, 4.69) is 4.72 Å². The Balaban J connectivity index is 2.00. The topological polar surface area (TPSA) is 64.6 Å². The van der Waals surface area contributed by atoms with Crippen LogP contribution in [0.25, 0.3) is 0 Å². The summed E-state index contributed by atoms with van der Waals surface area (Å²) in [5, 5.41) is 0. The van der Waals surface area contributed by atoms with Gasteiger partial charge in [-0.15, -0.1) is 0 Å². The zero-order chi connectivity index (χ0) is 15.7. The van der Waals surface area contributed by atoms with Crippen molar-refractivity contribution in [2.24, 2.45) is 0 Å². The second kappa shape index (κ2) is 5.49.